The van der Waals surface area contributed by atoms with E-state index in [4.69, 9.17) is 19.4 Å². The van der Waals surface area contributed by atoms with Gasteiger partial charge in [-0.1, -0.05) is 43.5 Å². The summed E-state index contributed by atoms with van der Waals surface area (Å²) >= 11 is 0. The zero-order valence-electron chi connectivity index (χ0n) is 26.8. The van der Waals surface area contributed by atoms with E-state index in [-0.39, 0.29) is 30.2 Å². The fraction of sp³-hybridized carbons (Fsp3) is 0.500. The van der Waals surface area contributed by atoms with Gasteiger partial charge in [0.05, 0.1) is 19.6 Å². The fourth-order valence-electron chi connectivity index (χ4n) is 5.61. The van der Waals surface area contributed by atoms with Gasteiger partial charge in [-0.05, 0) is 60.7 Å². The summed E-state index contributed by atoms with van der Waals surface area (Å²) in [7, 11) is 0. The summed E-state index contributed by atoms with van der Waals surface area (Å²) in [5, 5.41) is 37.5. The summed E-state index contributed by atoms with van der Waals surface area (Å²) < 4.78 is 43.2. The monoisotopic (exact) mass is 691 g/mol. The van der Waals surface area contributed by atoms with Crippen LogP contribution in [0.25, 0.3) is 11.4 Å². The Morgan fingerprint density at radius 1 is 1.08 bits per heavy atom. The fourth-order valence-corrected chi connectivity index (χ4v) is 5.61. The van der Waals surface area contributed by atoms with Crippen LogP contribution < -0.4 is 15.4 Å². The summed E-state index contributed by atoms with van der Waals surface area (Å²) in [5.41, 5.74) is 3.26. The standard InChI is InChI=1S/C30H39N7O5.C2HF3O2/c38-25-10-9-22(29-28(25)32-26(39)20-42-29)11-14-31-15-16-37(24-7-2-1-3-8-24)27(40)13-18-41-17-12-21-5-4-6-23(19-21)30-33-35-36-34-30;3-2(4,5)1(6)7/h4-6,9-10,19,24,31,38H,1-3,7-8,11-18,20H2,(H,32,39)(H,33,34,35,36);(H,6,7). The number of halogens is 3. The third-order valence-electron chi connectivity index (χ3n) is 8.03. The molecule has 2 aliphatic rings. The number of carboxylic acids is 1. The number of fused-ring (bicyclic) bond motifs is 1. The van der Waals surface area contributed by atoms with Gasteiger partial charge in [0.25, 0.3) is 5.91 Å². The van der Waals surface area contributed by atoms with Gasteiger partial charge in [0.1, 0.15) is 11.4 Å². The number of aliphatic carboxylic acids is 1. The van der Waals surface area contributed by atoms with E-state index in [0.29, 0.717) is 63.0 Å². The van der Waals surface area contributed by atoms with Gasteiger partial charge in [0.2, 0.25) is 11.7 Å². The van der Waals surface area contributed by atoms with Crippen LogP contribution in [-0.4, -0.2) is 105 Å². The van der Waals surface area contributed by atoms with Crippen molar-refractivity contribution in [3.8, 4) is 22.9 Å². The van der Waals surface area contributed by atoms with Gasteiger partial charge in [-0.25, -0.2) is 4.79 Å². The third-order valence-corrected chi connectivity index (χ3v) is 8.03. The van der Waals surface area contributed by atoms with Crippen molar-refractivity contribution in [1.82, 2.24) is 30.8 Å². The molecule has 1 aromatic heterocycles. The Kier molecular flexibility index (Phi) is 13.7. The molecule has 1 aliphatic carbocycles. The van der Waals surface area contributed by atoms with Crippen LogP contribution in [0.2, 0.25) is 0 Å². The van der Waals surface area contributed by atoms with E-state index in [0.717, 1.165) is 48.8 Å². The van der Waals surface area contributed by atoms with Crippen molar-refractivity contribution >= 4 is 23.5 Å². The van der Waals surface area contributed by atoms with E-state index in [1.54, 1.807) is 6.07 Å². The second-order valence-corrected chi connectivity index (χ2v) is 11.5. The van der Waals surface area contributed by atoms with Crippen molar-refractivity contribution in [2.24, 2.45) is 0 Å². The Morgan fingerprint density at radius 2 is 1.86 bits per heavy atom. The summed E-state index contributed by atoms with van der Waals surface area (Å²) in [4.78, 5) is 35.9. The number of carboxylic acid groups (broad SMARTS) is 1. The number of carbonyl (C=O) groups excluding carboxylic acids is 2. The SMILES string of the molecule is O=C(O)C(F)(F)F.O=C1COc2c(CCNCCN(C(=O)CCOCCc3cccc(-c4nn[nH]n4)c3)C3CCCCC3)ccc(O)c2N1. The molecule has 0 spiro atoms. The predicted octanol–water partition coefficient (Wildman–Crippen LogP) is 3.48. The number of alkyl halides is 3. The zero-order chi connectivity index (χ0) is 35.2. The van der Waals surface area contributed by atoms with Crippen LogP contribution in [-0.2, 0) is 32.0 Å². The van der Waals surface area contributed by atoms with Crippen molar-refractivity contribution in [2.45, 2.75) is 63.6 Å². The van der Waals surface area contributed by atoms with Gasteiger partial charge in [-0.2, -0.15) is 18.4 Å². The number of phenols is 1. The van der Waals surface area contributed by atoms with E-state index in [9.17, 15) is 27.9 Å². The molecule has 0 unspecified atom stereocenters. The molecule has 14 nitrogen and oxygen atoms in total. The van der Waals surface area contributed by atoms with Gasteiger partial charge < -0.3 is 35.2 Å². The minimum Gasteiger partial charge on any atom is -0.506 e. The van der Waals surface area contributed by atoms with Gasteiger partial charge >= 0.3 is 12.1 Å². The predicted molar refractivity (Wildman–Crippen MR) is 170 cm³/mol. The number of aromatic hydroxyl groups is 1. The molecule has 2 amide bonds. The van der Waals surface area contributed by atoms with Crippen LogP contribution in [0.1, 0.15) is 49.7 Å². The first-order chi connectivity index (χ1) is 23.5. The maximum absolute atomic E-state index is 13.3. The molecule has 2 heterocycles. The summed E-state index contributed by atoms with van der Waals surface area (Å²) in [6.45, 7) is 2.86. The molecule has 266 valence electrons. The molecule has 49 heavy (non-hydrogen) atoms. The van der Waals surface area contributed by atoms with Gasteiger partial charge in [-0.15, -0.1) is 10.2 Å². The second-order valence-electron chi connectivity index (χ2n) is 11.5. The highest BCUT2D eigenvalue weighted by atomic mass is 19.4. The quantitative estimate of drug-likeness (QED) is 0.123. The number of hydrogen-bond acceptors (Lipinski definition) is 10. The van der Waals surface area contributed by atoms with Crippen LogP contribution >= 0.6 is 0 Å². The van der Waals surface area contributed by atoms with Crippen LogP contribution in [0.5, 0.6) is 11.5 Å². The molecule has 1 aliphatic heterocycles. The minimum absolute atomic E-state index is 0.00456. The Hall–Kier alpha value is -4.77. The minimum atomic E-state index is -5.08. The number of H-pyrrole nitrogens is 1. The molecule has 2 aromatic carbocycles. The molecular formula is C32H40F3N7O7. The highest BCUT2D eigenvalue weighted by molar-refractivity contribution is 5.97. The number of amides is 2. The molecular weight excluding hydrogens is 651 g/mol. The highest BCUT2D eigenvalue weighted by Gasteiger charge is 2.38. The average molecular weight is 692 g/mol. The number of nitrogens with zero attached hydrogens (tertiary/aromatic N) is 4. The Balaban J connectivity index is 0.000000698. The van der Waals surface area contributed by atoms with E-state index in [1.807, 2.05) is 35.2 Å². The number of hydrogen-bond donors (Lipinski definition) is 5. The lowest BCUT2D eigenvalue weighted by Crippen LogP contribution is -2.45. The molecule has 5 rings (SSSR count). The average Bonchev–Trinajstić information content (AvgIpc) is 3.63. The smallest absolute Gasteiger partial charge is 0.490 e. The molecule has 3 aromatic rings. The normalized spacial score (nSPS) is 14.6. The lowest BCUT2D eigenvalue weighted by Gasteiger charge is -2.34. The molecule has 0 radical (unpaired) electrons. The topological polar surface area (TPSA) is 192 Å². The molecule has 0 saturated heterocycles. The van der Waals surface area contributed by atoms with Crippen molar-refractivity contribution in [3.05, 3.63) is 47.5 Å². The Morgan fingerprint density at radius 3 is 2.57 bits per heavy atom. The van der Waals surface area contributed by atoms with Gasteiger partial charge in [0, 0.05) is 24.7 Å². The van der Waals surface area contributed by atoms with Crippen LogP contribution in [0.4, 0.5) is 18.9 Å². The lowest BCUT2D eigenvalue weighted by molar-refractivity contribution is -0.192. The molecule has 5 N–H and O–H groups in total. The van der Waals surface area contributed by atoms with Crippen LogP contribution in [0.3, 0.4) is 0 Å². The van der Waals surface area contributed by atoms with Crippen LogP contribution in [0, 0.1) is 0 Å². The first-order valence-corrected chi connectivity index (χ1v) is 16.0. The van der Waals surface area contributed by atoms with Crippen molar-refractivity contribution in [3.63, 3.8) is 0 Å². The molecule has 1 saturated carbocycles. The molecule has 0 bridgehead atoms. The number of ether oxygens (including phenoxy) is 2. The molecule has 0 atom stereocenters. The second kappa shape index (κ2) is 18.1. The van der Waals surface area contributed by atoms with Gasteiger partial charge in [-0.3, -0.25) is 9.59 Å². The van der Waals surface area contributed by atoms with Crippen molar-refractivity contribution in [1.29, 1.82) is 0 Å². The number of nitrogens with one attached hydrogen (secondary N) is 3. The van der Waals surface area contributed by atoms with E-state index < -0.39 is 12.1 Å². The van der Waals surface area contributed by atoms with Crippen molar-refractivity contribution < 1.29 is 47.2 Å². The number of phenolic OH excluding ortho intramolecular Hbond substituents is 1. The lowest BCUT2D eigenvalue weighted by atomic mass is 9.94. The Labute approximate surface area is 280 Å². The first-order valence-electron chi connectivity index (χ1n) is 16.0. The summed E-state index contributed by atoms with van der Waals surface area (Å²) in [6.07, 6.45) is 2.32. The first kappa shape index (κ1) is 37.1. The number of benzene rings is 2. The van der Waals surface area contributed by atoms with E-state index >= 15 is 0 Å². The maximum atomic E-state index is 13.3. The number of anilines is 1. The number of rotatable bonds is 14. The largest absolute Gasteiger partial charge is 0.506 e. The zero-order valence-corrected chi connectivity index (χ0v) is 26.8. The highest BCUT2D eigenvalue weighted by Crippen LogP contribution is 2.39. The molecule has 17 heteroatoms. The number of aromatic nitrogens is 4. The number of carbonyl (C=O) groups is 3. The summed E-state index contributed by atoms with van der Waals surface area (Å²) in [6, 6.07) is 11.6. The summed E-state index contributed by atoms with van der Waals surface area (Å²) in [5.74, 6) is -1.82. The molecule has 1 fully saturated rings. The number of tetrazole rings is 1. The van der Waals surface area contributed by atoms with E-state index in [1.165, 1.54) is 6.42 Å². The third kappa shape index (κ3) is 11.4. The van der Waals surface area contributed by atoms with Gasteiger partial charge in [0.15, 0.2) is 12.4 Å². The maximum Gasteiger partial charge on any atom is 0.490 e. The van der Waals surface area contributed by atoms with Crippen molar-refractivity contribution in [2.75, 3.05) is 44.8 Å². The number of aromatic amines is 1. The van der Waals surface area contributed by atoms with E-state index in [2.05, 4.69) is 31.3 Å². The van der Waals surface area contributed by atoms with Crippen LogP contribution in [0.15, 0.2) is 36.4 Å². The Bertz CT molecular complexity index is 1530.